The van der Waals surface area contributed by atoms with Gasteiger partial charge in [0.1, 0.15) is 5.82 Å². The molecule has 1 aromatic heterocycles. The number of aromatic nitrogens is 1. The fourth-order valence-electron chi connectivity index (χ4n) is 3.55. The number of pyridine rings is 1. The topological polar surface area (TPSA) is 112 Å². The maximum absolute atomic E-state index is 13.3. The van der Waals surface area contributed by atoms with Crippen molar-refractivity contribution in [1.82, 2.24) is 20.1 Å². The van der Waals surface area contributed by atoms with Crippen LogP contribution in [0.5, 0.6) is 0 Å². The van der Waals surface area contributed by atoms with Crippen LogP contribution in [0.25, 0.3) is 0 Å². The molecular formula is C21H24F3N5O4S. The molecule has 0 spiro atoms. The van der Waals surface area contributed by atoms with Gasteiger partial charge in [-0.25, -0.2) is 17.7 Å². The zero-order valence-corrected chi connectivity index (χ0v) is 19.3. The first kappa shape index (κ1) is 25.4. The Balaban J connectivity index is 1.66. The molecule has 1 saturated heterocycles. The van der Waals surface area contributed by atoms with E-state index in [1.165, 1.54) is 55.5 Å². The van der Waals surface area contributed by atoms with Gasteiger partial charge in [0.15, 0.2) is 0 Å². The number of piperidine rings is 1. The molecule has 2 N–H and O–H groups in total. The van der Waals surface area contributed by atoms with Gasteiger partial charge < -0.3 is 4.90 Å². The monoisotopic (exact) mass is 499 g/mol. The average molecular weight is 500 g/mol. The van der Waals surface area contributed by atoms with Crippen LogP contribution in [-0.2, 0) is 21.0 Å². The Kier molecular flexibility index (Phi) is 7.46. The third-order valence-electron chi connectivity index (χ3n) is 5.36. The number of carbonyl (C=O) groups is 2. The summed E-state index contributed by atoms with van der Waals surface area (Å²) in [4.78, 5) is 30.2. The minimum Gasteiger partial charge on any atom is -0.355 e. The van der Waals surface area contributed by atoms with E-state index in [1.807, 2.05) is 0 Å². The third-order valence-corrected chi connectivity index (χ3v) is 7.17. The van der Waals surface area contributed by atoms with Gasteiger partial charge in [-0.05, 0) is 43.2 Å². The molecule has 1 aliphatic rings. The van der Waals surface area contributed by atoms with E-state index in [2.05, 4.69) is 15.8 Å². The lowest BCUT2D eigenvalue weighted by Crippen LogP contribution is -2.49. The van der Waals surface area contributed by atoms with Crippen LogP contribution < -0.4 is 15.8 Å². The molecular weight excluding hydrogens is 475 g/mol. The second kappa shape index (κ2) is 9.97. The van der Waals surface area contributed by atoms with Gasteiger partial charge in [-0.15, -0.1) is 0 Å². The highest BCUT2D eigenvalue weighted by Gasteiger charge is 2.37. The second-order valence-electron chi connectivity index (χ2n) is 7.92. The zero-order chi connectivity index (χ0) is 25.1. The molecule has 34 heavy (non-hydrogen) atoms. The van der Waals surface area contributed by atoms with Crippen molar-refractivity contribution in [3.63, 3.8) is 0 Å². The smallest absolute Gasteiger partial charge is 0.355 e. The molecule has 0 radical (unpaired) electrons. The number of sulfonamides is 1. The van der Waals surface area contributed by atoms with E-state index in [9.17, 15) is 31.2 Å². The Morgan fingerprint density at radius 2 is 1.88 bits per heavy atom. The summed E-state index contributed by atoms with van der Waals surface area (Å²) in [5, 5.41) is 0. The largest absolute Gasteiger partial charge is 0.419 e. The molecule has 1 fully saturated rings. The molecule has 2 heterocycles. The first-order chi connectivity index (χ1) is 15.9. The number of amides is 2. The number of rotatable bonds is 5. The third kappa shape index (κ3) is 5.65. The molecule has 2 aromatic rings. The minimum atomic E-state index is -4.58. The number of benzene rings is 1. The number of nitrogens with one attached hydrogen (secondary N) is 2. The highest BCUT2D eigenvalue weighted by molar-refractivity contribution is 7.89. The molecule has 2 amide bonds. The summed E-state index contributed by atoms with van der Waals surface area (Å²) < 4.78 is 65.5. The maximum Gasteiger partial charge on any atom is 0.419 e. The molecule has 0 bridgehead atoms. The van der Waals surface area contributed by atoms with Gasteiger partial charge >= 0.3 is 6.18 Å². The molecule has 0 aliphatic carbocycles. The summed E-state index contributed by atoms with van der Waals surface area (Å²) in [7, 11) is -1.03. The van der Waals surface area contributed by atoms with Gasteiger partial charge in [0.05, 0.1) is 16.4 Å². The first-order valence-corrected chi connectivity index (χ1v) is 11.7. The van der Waals surface area contributed by atoms with E-state index in [4.69, 9.17) is 0 Å². The molecule has 3 rings (SSSR count). The maximum atomic E-state index is 13.3. The van der Waals surface area contributed by atoms with Gasteiger partial charge in [-0.2, -0.15) is 13.2 Å². The highest BCUT2D eigenvalue weighted by atomic mass is 32.2. The Hall–Kier alpha value is -3.19. The summed E-state index contributed by atoms with van der Waals surface area (Å²) in [5.74, 6) is -2.23. The predicted octanol–water partition coefficient (Wildman–Crippen LogP) is 2.03. The van der Waals surface area contributed by atoms with Crippen molar-refractivity contribution in [3.05, 3.63) is 53.7 Å². The van der Waals surface area contributed by atoms with Crippen LogP contribution in [0.3, 0.4) is 0 Å². The Morgan fingerprint density at radius 3 is 2.56 bits per heavy atom. The summed E-state index contributed by atoms with van der Waals surface area (Å²) in [5.41, 5.74) is 3.65. The average Bonchev–Trinajstić information content (AvgIpc) is 2.81. The van der Waals surface area contributed by atoms with E-state index >= 15 is 0 Å². The van der Waals surface area contributed by atoms with Crippen molar-refractivity contribution in [3.8, 4) is 0 Å². The summed E-state index contributed by atoms with van der Waals surface area (Å²) >= 11 is 0. The van der Waals surface area contributed by atoms with Gasteiger partial charge in [-0.1, -0.05) is 6.07 Å². The van der Waals surface area contributed by atoms with Gasteiger partial charge in [-0.3, -0.25) is 20.4 Å². The number of hydrogen-bond donors (Lipinski definition) is 2. The molecule has 1 unspecified atom stereocenters. The summed E-state index contributed by atoms with van der Waals surface area (Å²) in [6.07, 6.45) is -2.44. The van der Waals surface area contributed by atoms with Gasteiger partial charge in [0.2, 0.25) is 15.9 Å². The number of hydrazine groups is 1. The summed E-state index contributed by atoms with van der Waals surface area (Å²) in [6.45, 7) is 0.307. The number of alkyl halides is 3. The van der Waals surface area contributed by atoms with Gasteiger partial charge in [0.25, 0.3) is 5.91 Å². The molecule has 184 valence electrons. The molecule has 13 heteroatoms. The van der Waals surface area contributed by atoms with Crippen LogP contribution in [0.4, 0.5) is 19.0 Å². The Morgan fingerprint density at radius 1 is 1.15 bits per heavy atom. The fraction of sp³-hybridized carbons (Fsp3) is 0.381. The number of anilines is 1. The zero-order valence-electron chi connectivity index (χ0n) is 18.5. The first-order valence-electron chi connectivity index (χ1n) is 10.3. The molecule has 0 saturated carbocycles. The van der Waals surface area contributed by atoms with Crippen molar-refractivity contribution >= 4 is 27.7 Å². The van der Waals surface area contributed by atoms with Crippen LogP contribution in [0, 0.1) is 5.92 Å². The van der Waals surface area contributed by atoms with E-state index < -0.39 is 39.5 Å². The second-order valence-corrected chi connectivity index (χ2v) is 10.1. The normalized spacial score (nSPS) is 16.9. The van der Waals surface area contributed by atoms with Gasteiger partial charge in [0, 0.05) is 38.9 Å². The highest BCUT2D eigenvalue weighted by Crippen LogP contribution is 2.36. The van der Waals surface area contributed by atoms with Crippen LogP contribution in [0.15, 0.2) is 47.5 Å². The lowest BCUT2D eigenvalue weighted by Gasteiger charge is -2.34. The van der Waals surface area contributed by atoms with E-state index in [-0.39, 0.29) is 22.8 Å². The SMILES string of the molecule is CN(C)S(=O)(=O)c1cccc(C(=O)NNC(=O)C2CCCN(c3ncccc3C(F)(F)F)C2)c1. The van der Waals surface area contributed by atoms with Crippen LogP contribution >= 0.6 is 0 Å². The fourth-order valence-corrected chi connectivity index (χ4v) is 4.50. The number of halogens is 3. The van der Waals surface area contributed by atoms with Crippen LogP contribution in [0.1, 0.15) is 28.8 Å². The number of carbonyl (C=O) groups excluding carboxylic acids is 2. The van der Waals surface area contributed by atoms with Crippen LogP contribution in [-0.4, -0.2) is 56.7 Å². The standard InChI is InChI=1S/C21H24F3N5O4S/c1-28(2)34(32,33)16-8-3-6-14(12-16)19(30)26-27-20(31)15-7-5-11-29(13-15)18-17(21(22,23)24)9-4-10-25-18/h3-4,6,8-10,12,15H,5,7,11,13H2,1-2H3,(H,26,30)(H,27,31). The van der Waals surface area contributed by atoms with E-state index in [0.29, 0.717) is 19.4 Å². The van der Waals surface area contributed by atoms with Crippen LogP contribution in [0.2, 0.25) is 0 Å². The molecule has 1 atom stereocenters. The summed E-state index contributed by atoms with van der Waals surface area (Å²) in [6, 6.07) is 7.45. The van der Waals surface area contributed by atoms with Crippen molar-refractivity contribution in [2.75, 3.05) is 32.1 Å². The molecule has 1 aliphatic heterocycles. The number of hydrogen-bond acceptors (Lipinski definition) is 6. The van der Waals surface area contributed by atoms with Crippen molar-refractivity contribution < 1.29 is 31.2 Å². The Bertz CT molecular complexity index is 1170. The van der Waals surface area contributed by atoms with Crippen molar-refractivity contribution in [2.45, 2.75) is 23.9 Å². The molecule has 1 aromatic carbocycles. The predicted molar refractivity (Wildman–Crippen MR) is 117 cm³/mol. The van der Waals surface area contributed by atoms with E-state index in [1.54, 1.807) is 0 Å². The van der Waals surface area contributed by atoms with Crippen molar-refractivity contribution in [1.29, 1.82) is 0 Å². The lowest BCUT2D eigenvalue weighted by molar-refractivity contribution is -0.137. The van der Waals surface area contributed by atoms with Crippen molar-refractivity contribution in [2.24, 2.45) is 5.92 Å². The Labute approximate surface area is 195 Å². The lowest BCUT2D eigenvalue weighted by atomic mass is 9.97. The minimum absolute atomic E-state index is 0.00163. The molecule has 9 nitrogen and oxygen atoms in total. The quantitative estimate of drug-likeness (QED) is 0.609. The van der Waals surface area contributed by atoms with E-state index in [0.717, 1.165) is 10.4 Å². The number of nitrogens with zero attached hydrogens (tertiary/aromatic N) is 3.